The minimum Gasteiger partial charge on any atom is -0.459 e. The van der Waals surface area contributed by atoms with Crippen molar-refractivity contribution in [2.24, 2.45) is 0 Å². The molecule has 5 rings (SSSR count). The summed E-state index contributed by atoms with van der Waals surface area (Å²) < 4.78 is 11.5. The molecule has 0 aromatic heterocycles. The van der Waals surface area contributed by atoms with E-state index in [1.807, 2.05) is 70.2 Å². The van der Waals surface area contributed by atoms with E-state index in [0.717, 1.165) is 61.5 Å². The number of carbonyl (C=O) groups is 1. The second-order valence-corrected chi connectivity index (χ2v) is 9.15. The van der Waals surface area contributed by atoms with Crippen LogP contribution in [0.5, 0.6) is 0 Å². The van der Waals surface area contributed by atoms with Crippen LogP contribution in [0.15, 0.2) is 60.7 Å². The summed E-state index contributed by atoms with van der Waals surface area (Å²) in [6.45, 7) is 7.93. The van der Waals surface area contributed by atoms with Crippen LogP contribution in [-0.2, 0) is 9.47 Å². The number of carbonyl (C=O) groups excluding carboxylic acids is 1. The molecule has 4 nitrogen and oxygen atoms in total. The van der Waals surface area contributed by atoms with Crippen LogP contribution in [-0.4, -0.2) is 23.3 Å². The van der Waals surface area contributed by atoms with Crippen LogP contribution in [0, 0.1) is 0 Å². The maximum absolute atomic E-state index is 13.0. The maximum atomic E-state index is 13.0. The zero-order valence-electron chi connectivity index (χ0n) is 20.1. The average molecular weight is 455 g/mol. The first-order valence-electron chi connectivity index (χ1n) is 12.1. The van der Waals surface area contributed by atoms with Gasteiger partial charge in [0.1, 0.15) is 0 Å². The average Bonchev–Trinajstić information content (AvgIpc) is 2.86. The molecule has 1 N–H and O–H groups in total. The summed E-state index contributed by atoms with van der Waals surface area (Å²) >= 11 is 0. The first-order chi connectivity index (χ1) is 16.4. The zero-order chi connectivity index (χ0) is 24.0. The minimum absolute atomic E-state index is 0.0381. The molecule has 0 saturated heterocycles. The molecule has 0 heterocycles. The van der Waals surface area contributed by atoms with E-state index >= 15 is 0 Å². The van der Waals surface area contributed by atoms with Gasteiger partial charge in [-0.3, -0.25) is 0 Å². The molecule has 3 atom stereocenters. The number of rotatable bonds is 7. The predicted octanol–water partition coefficient (Wildman–Crippen LogP) is 7.50. The molecule has 174 valence electrons. The summed E-state index contributed by atoms with van der Waals surface area (Å²) in [5.74, 6) is -0.289. The maximum Gasteiger partial charge on any atom is 0.339 e. The van der Waals surface area contributed by atoms with E-state index in [0.29, 0.717) is 5.56 Å². The summed E-state index contributed by atoms with van der Waals surface area (Å²) in [7, 11) is 0. The van der Waals surface area contributed by atoms with Gasteiger partial charge in [-0.05, 0) is 75.8 Å². The molecular formula is C30H30O4. The third-order valence-electron chi connectivity index (χ3n) is 7.00. The van der Waals surface area contributed by atoms with E-state index in [1.54, 1.807) is 0 Å². The fourth-order valence-electron chi connectivity index (χ4n) is 4.85. The van der Waals surface area contributed by atoms with E-state index in [-0.39, 0.29) is 18.2 Å². The second kappa shape index (κ2) is 8.86. The molecule has 0 spiro atoms. The van der Waals surface area contributed by atoms with Gasteiger partial charge in [0.25, 0.3) is 0 Å². The van der Waals surface area contributed by atoms with E-state index in [9.17, 15) is 9.90 Å². The molecule has 0 amide bonds. The van der Waals surface area contributed by atoms with Gasteiger partial charge in [0, 0.05) is 5.56 Å². The molecule has 0 fully saturated rings. The lowest BCUT2D eigenvalue weighted by atomic mass is 9.87. The van der Waals surface area contributed by atoms with Crippen LogP contribution < -0.4 is 0 Å². The topological polar surface area (TPSA) is 55.8 Å². The fraction of sp³-hybridized carbons (Fsp3) is 0.300. The quantitative estimate of drug-likeness (QED) is 0.120. The molecular weight excluding hydrogens is 424 g/mol. The number of benzene rings is 5. The van der Waals surface area contributed by atoms with Gasteiger partial charge < -0.3 is 14.6 Å². The third kappa shape index (κ3) is 3.58. The van der Waals surface area contributed by atoms with E-state index in [2.05, 4.69) is 18.2 Å². The van der Waals surface area contributed by atoms with Gasteiger partial charge in [0.2, 0.25) is 0 Å². The molecule has 4 heteroatoms. The lowest BCUT2D eigenvalue weighted by Gasteiger charge is -2.21. The largest absolute Gasteiger partial charge is 0.459 e. The molecule has 3 unspecified atom stereocenters. The molecule has 5 aromatic carbocycles. The van der Waals surface area contributed by atoms with Gasteiger partial charge in [-0.15, -0.1) is 0 Å². The van der Waals surface area contributed by atoms with Gasteiger partial charge >= 0.3 is 5.97 Å². The highest BCUT2D eigenvalue weighted by atomic mass is 16.6. The smallest absolute Gasteiger partial charge is 0.339 e. The monoisotopic (exact) mass is 454 g/mol. The van der Waals surface area contributed by atoms with Crippen molar-refractivity contribution in [3.8, 4) is 0 Å². The van der Waals surface area contributed by atoms with Gasteiger partial charge in [-0.25, -0.2) is 4.79 Å². The lowest BCUT2D eigenvalue weighted by molar-refractivity contribution is -0.134. The van der Waals surface area contributed by atoms with Crippen LogP contribution in [0.25, 0.3) is 43.1 Å². The van der Waals surface area contributed by atoms with Crippen LogP contribution in [0.2, 0.25) is 0 Å². The Morgan fingerprint density at radius 2 is 1.26 bits per heavy atom. The summed E-state index contributed by atoms with van der Waals surface area (Å²) in [5, 5.41) is 19.2. The van der Waals surface area contributed by atoms with Gasteiger partial charge in [0.15, 0.2) is 6.29 Å². The predicted molar refractivity (Wildman–Crippen MR) is 139 cm³/mol. The minimum atomic E-state index is -0.992. The Bertz CT molecular complexity index is 1480. The van der Waals surface area contributed by atoms with Gasteiger partial charge in [0.05, 0.1) is 17.8 Å². The van der Waals surface area contributed by atoms with Crippen molar-refractivity contribution in [2.75, 3.05) is 0 Å². The first-order valence-corrected chi connectivity index (χ1v) is 12.1. The van der Waals surface area contributed by atoms with Gasteiger partial charge in [-0.1, -0.05) is 68.4 Å². The zero-order valence-corrected chi connectivity index (χ0v) is 20.1. The number of hydrogen-bond donors (Lipinski definition) is 1. The highest BCUT2D eigenvalue weighted by molar-refractivity contribution is 6.34. The van der Waals surface area contributed by atoms with Crippen molar-refractivity contribution in [3.05, 3.63) is 71.8 Å². The number of hydrogen-bond acceptors (Lipinski definition) is 4. The van der Waals surface area contributed by atoms with Crippen LogP contribution in [0.1, 0.15) is 62.7 Å². The molecule has 0 aliphatic carbocycles. The Hall–Kier alpha value is -3.21. The molecule has 0 saturated carbocycles. The summed E-state index contributed by atoms with van der Waals surface area (Å²) in [4.78, 5) is 13.0. The number of aliphatic hydroxyl groups excluding tert-OH is 1. The lowest BCUT2D eigenvalue weighted by Crippen LogP contribution is -2.14. The van der Waals surface area contributed by atoms with Crippen LogP contribution in [0.4, 0.5) is 0 Å². The van der Waals surface area contributed by atoms with Crippen LogP contribution >= 0.6 is 0 Å². The molecule has 0 aliphatic rings. The van der Waals surface area contributed by atoms with E-state index in [1.165, 1.54) is 0 Å². The number of ether oxygens (including phenoxy) is 2. The Labute approximate surface area is 199 Å². The molecule has 0 bridgehead atoms. The van der Waals surface area contributed by atoms with Crippen molar-refractivity contribution < 1.29 is 19.4 Å². The molecule has 5 aromatic rings. The van der Waals surface area contributed by atoms with Crippen molar-refractivity contribution in [2.45, 2.75) is 59.0 Å². The normalized spacial score (nSPS) is 14.7. The highest BCUT2D eigenvalue weighted by Crippen LogP contribution is 2.43. The summed E-state index contributed by atoms with van der Waals surface area (Å²) in [5.41, 5.74) is 1.36. The number of esters is 1. The Kier molecular flexibility index (Phi) is 5.88. The van der Waals surface area contributed by atoms with E-state index < -0.39 is 6.29 Å². The van der Waals surface area contributed by atoms with E-state index in [4.69, 9.17) is 9.47 Å². The van der Waals surface area contributed by atoms with Gasteiger partial charge in [-0.2, -0.15) is 0 Å². The molecule has 0 aliphatic heterocycles. The molecule has 0 radical (unpaired) electrons. The summed E-state index contributed by atoms with van der Waals surface area (Å²) in [6.07, 6.45) is 0.445. The summed E-state index contributed by atoms with van der Waals surface area (Å²) in [6, 6.07) is 20.2. The van der Waals surface area contributed by atoms with Crippen LogP contribution in [0.3, 0.4) is 0 Å². The number of fused-ring (bicyclic) bond motifs is 2. The van der Waals surface area contributed by atoms with Crippen molar-refractivity contribution in [1.29, 1.82) is 0 Å². The fourth-order valence-corrected chi connectivity index (χ4v) is 4.85. The second-order valence-electron chi connectivity index (χ2n) is 9.15. The Morgan fingerprint density at radius 3 is 1.91 bits per heavy atom. The Balaban J connectivity index is 1.79. The highest BCUT2D eigenvalue weighted by Gasteiger charge is 2.21. The number of aliphatic hydroxyl groups is 1. The SMILES string of the molecule is CCC(C)OC(=O)c1ccc2c3cccc4c(C(O)OC(C)CC)ccc(c5cccc1c25)c43. The molecule has 34 heavy (non-hydrogen) atoms. The van der Waals surface area contributed by atoms with Crippen molar-refractivity contribution in [1.82, 2.24) is 0 Å². The first kappa shape index (κ1) is 22.6. The standard InChI is InChI=1S/C30H30O4/c1-5-17(3)33-29(31)25-15-13-23-20-10-8-12-22-26(30(32)34-18(4)6-2)16-14-24(28(20)22)19-9-7-11-21(25)27(19)23/h7-18,29,31H,5-6H2,1-4H3. The third-order valence-corrected chi connectivity index (χ3v) is 7.00. The van der Waals surface area contributed by atoms with Crippen molar-refractivity contribution in [3.63, 3.8) is 0 Å². The van der Waals surface area contributed by atoms with Crippen molar-refractivity contribution >= 4 is 49.1 Å². The Morgan fingerprint density at radius 1 is 0.735 bits per heavy atom.